The maximum absolute atomic E-state index is 5.62. The highest BCUT2D eigenvalue weighted by molar-refractivity contribution is 5.34. The molecule has 3 heteroatoms. The highest BCUT2D eigenvalue weighted by atomic mass is 16.5. The third-order valence-corrected chi connectivity index (χ3v) is 6.27. The molecular weight excluding hydrogens is 320 g/mol. The Bertz CT molecular complexity index is 512. The molecule has 1 fully saturated rings. The molecule has 26 heavy (non-hydrogen) atoms. The van der Waals surface area contributed by atoms with Gasteiger partial charge in [-0.3, -0.25) is 4.90 Å². The van der Waals surface area contributed by atoms with Crippen LogP contribution in [0.15, 0.2) is 35.5 Å². The maximum atomic E-state index is 5.62. The highest BCUT2D eigenvalue weighted by Gasteiger charge is 2.21. The maximum Gasteiger partial charge on any atom is 0.0593 e. The monoisotopic (exact) mass is 358 g/mol. The van der Waals surface area contributed by atoms with E-state index in [2.05, 4.69) is 48.0 Å². The molecule has 3 aliphatic rings. The van der Waals surface area contributed by atoms with Gasteiger partial charge in [0.15, 0.2) is 0 Å². The van der Waals surface area contributed by atoms with Gasteiger partial charge >= 0.3 is 0 Å². The molecule has 0 N–H and O–H groups in total. The van der Waals surface area contributed by atoms with E-state index in [4.69, 9.17) is 4.74 Å². The normalized spacial score (nSPS) is 23.8. The smallest absolute Gasteiger partial charge is 0.0593 e. The Hall–Kier alpha value is -0.900. The molecule has 0 spiro atoms. The summed E-state index contributed by atoms with van der Waals surface area (Å²) in [7, 11) is 0. The van der Waals surface area contributed by atoms with Crippen molar-refractivity contribution in [2.45, 2.75) is 46.0 Å². The fraction of sp³-hybridized carbons (Fsp3) is 0.739. The first kappa shape index (κ1) is 19.9. The van der Waals surface area contributed by atoms with Gasteiger partial charge in [0.2, 0.25) is 0 Å². The highest BCUT2D eigenvalue weighted by Crippen LogP contribution is 2.25. The second-order valence-corrected chi connectivity index (χ2v) is 8.56. The first-order chi connectivity index (χ1) is 12.7. The first-order valence-corrected chi connectivity index (χ1v) is 10.8. The minimum atomic E-state index is 0.770. The predicted octanol–water partition coefficient (Wildman–Crippen LogP) is 4.28. The lowest BCUT2D eigenvalue weighted by Gasteiger charge is -2.32. The van der Waals surface area contributed by atoms with Gasteiger partial charge in [0, 0.05) is 39.3 Å². The van der Waals surface area contributed by atoms with Crippen molar-refractivity contribution < 1.29 is 4.74 Å². The van der Waals surface area contributed by atoms with Crippen molar-refractivity contribution in [3.63, 3.8) is 0 Å². The summed E-state index contributed by atoms with van der Waals surface area (Å²) in [5.74, 6) is 1.59. The summed E-state index contributed by atoms with van der Waals surface area (Å²) >= 11 is 0. The number of hydrogen-bond acceptors (Lipinski definition) is 3. The number of rotatable bonds is 7. The Morgan fingerprint density at radius 1 is 1.08 bits per heavy atom. The van der Waals surface area contributed by atoms with E-state index in [1.165, 1.54) is 58.4 Å². The Morgan fingerprint density at radius 2 is 2.00 bits per heavy atom. The van der Waals surface area contributed by atoms with Crippen LogP contribution in [0.2, 0.25) is 0 Å². The Kier molecular flexibility index (Phi) is 7.97. The van der Waals surface area contributed by atoms with Crippen molar-refractivity contribution in [3.05, 3.63) is 35.5 Å². The summed E-state index contributed by atoms with van der Waals surface area (Å²) in [6, 6.07) is 0. The Morgan fingerprint density at radius 3 is 2.88 bits per heavy atom. The van der Waals surface area contributed by atoms with E-state index in [-0.39, 0.29) is 0 Å². The number of allylic oxidation sites excluding steroid dienone is 4. The van der Waals surface area contributed by atoms with E-state index in [0.29, 0.717) is 0 Å². The van der Waals surface area contributed by atoms with E-state index in [9.17, 15) is 0 Å². The molecule has 0 aromatic rings. The van der Waals surface area contributed by atoms with Gasteiger partial charge in [-0.15, -0.1) is 0 Å². The molecule has 1 atom stereocenters. The van der Waals surface area contributed by atoms with Crippen molar-refractivity contribution in [2.24, 2.45) is 11.8 Å². The van der Waals surface area contributed by atoms with Crippen LogP contribution < -0.4 is 0 Å². The molecule has 0 bridgehead atoms. The number of nitrogens with zero attached hydrogens (tertiary/aromatic N) is 2. The minimum Gasteiger partial charge on any atom is -0.380 e. The average molecular weight is 359 g/mol. The summed E-state index contributed by atoms with van der Waals surface area (Å²) in [5.41, 5.74) is 3.24. The van der Waals surface area contributed by atoms with E-state index in [1.807, 2.05) is 0 Å². The van der Waals surface area contributed by atoms with E-state index < -0.39 is 0 Å². The molecule has 146 valence electrons. The minimum absolute atomic E-state index is 0.770. The zero-order valence-corrected chi connectivity index (χ0v) is 17.0. The van der Waals surface area contributed by atoms with E-state index in [0.717, 1.165) is 38.0 Å². The number of hydrogen-bond donors (Lipinski definition) is 0. The lowest BCUT2D eigenvalue weighted by atomic mass is 9.90. The van der Waals surface area contributed by atoms with Crippen LogP contribution in [0.3, 0.4) is 0 Å². The van der Waals surface area contributed by atoms with Crippen LogP contribution in [0, 0.1) is 11.8 Å². The topological polar surface area (TPSA) is 15.7 Å². The van der Waals surface area contributed by atoms with Crippen LogP contribution in [-0.2, 0) is 4.74 Å². The SMILES string of the molecule is CC(C)C(CCCN1CCC2=C(CC=CC=C2)C1)CN1CCCOCC1. The quantitative estimate of drug-likeness (QED) is 0.675. The van der Waals surface area contributed by atoms with Gasteiger partial charge < -0.3 is 9.64 Å². The summed E-state index contributed by atoms with van der Waals surface area (Å²) < 4.78 is 5.62. The molecule has 0 amide bonds. The van der Waals surface area contributed by atoms with Crippen LogP contribution in [0.1, 0.15) is 46.0 Å². The zero-order chi connectivity index (χ0) is 18.2. The third-order valence-electron chi connectivity index (χ3n) is 6.27. The van der Waals surface area contributed by atoms with Crippen LogP contribution in [-0.4, -0.2) is 62.3 Å². The van der Waals surface area contributed by atoms with Crippen molar-refractivity contribution in [1.29, 1.82) is 0 Å². The van der Waals surface area contributed by atoms with E-state index >= 15 is 0 Å². The molecule has 3 nitrogen and oxygen atoms in total. The molecule has 1 unspecified atom stereocenters. The second-order valence-electron chi connectivity index (χ2n) is 8.56. The first-order valence-electron chi connectivity index (χ1n) is 10.8. The standard InChI is InChI=1S/C23H38N2O/c1-20(2)22(18-25-13-7-16-26-17-15-25)10-6-12-24-14-11-21-8-4-3-5-9-23(21)19-24/h3-5,8,20,22H,6-7,9-19H2,1-2H3. The molecule has 0 radical (unpaired) electrons. The lowest BCUT2D eigenvalue weighted by molar-refractivity contribution is 0.133. The Balaban J connectivity index is 1.42. The second kappa shape index (κ2) is 10.4. The molecule has 1 aliphatic carbocycles. The predicted molar refractivity (Wildman–Crippen MR) is 110 cm³/mol. The summed E-state index contributed by atoms with van der Waals surface area (Å²) in [5, 5.41) is 0. The van der Waals surface area contributed by atoms with Gasteiger partial charge in [-0.25, -0.2) is 0 Å². The van der Waals surface area contributed by atoms with Gasteiger partial charge in [-0.1, -0.05) is 38.2 Å². The third kappa shape index (κ3) is 6.07. The average Bonchev–Trinajstić information content (AvgIpc) is 3.03. The van der Waals surface area contributed by atoms with Crippen molar-refractivity contribution in [3.8, 4) is 0 Å². The van der Waals surface area contributed by atoms with Gasteiger partial charge in [-0.05, 0) is 61.6 Å². The molecule has 2 heterocycles. The van der Waals surface area contributed by atoms with Crippen molar-refractivity contribution in [2.75, 3.05) is 52.5 Å². The fourth-order valence-electron chi connectivity index (χ4n) is 4.48. The largest absolute Gasteiger partial charge is 0.380 e. The fourth-order valence-corrected chi connectivity index (χ4v) is 4.48. The van der Waals surface area contributed by atoms with Gasteiger partial charge in [0.1, 0.15) is 0 Å². The van der Waals surface area contributed by atoms with Gasteiger partial charge in [0.05, 0.1) is 6.61 Å². The molecule has 0 aromatic heterocycles. The van der Waals surface area contributed by atoms with Crippen LogP contribution in [0.5, 0.6) is 0 Å². The van der Waals surface area contributed by atoms with Crippen LogP contribution in [0.4, 0.5) is 0 Å². The van der Waals surface area contributed by atoms with Crippen LogP contribution in [0.25, 0.3) is 0 Å². The van der Waals surface area contributed by atoms with Gasteiger partial charge in [-0.2, -0.15) is 0 Å². The molecule has 0 aromatic carbocycles. The lowest BCUT2D eigenvalue weighted by Crippen LogP contribution is -2.35. The van der Waals surface area contributed by atoms with Gasteiger partial charge in [0.25, 0.3) is 0 Å². The van der Waals surface area contributed by atoms with E-state index in [1.54, 1.807) is 11.1 Å². The zero-order valence-electron chi connectivity index (χ0n) is 17.0. The molecular formula is C23H38N2O. The Labute approximate surface area is 160 Å². The van der Waals surface area contributed by atoms with Crippen molar-refractivity contribution in [1.82, 2.24) is 9.80 Å². The molecule has 0 saturated carbocycles. The molecule has 2 aliphatic heterocycles. The summed E-state index contributed by atoms with van der Waals surface area (Å²) in [6.07, 6.45) is 15.3. The van der Waals surface area contributed by atoms with Crippen LogP contribution >= 0.6 is 0 Å². The summed E-state index contributed by atoms with van der Waals surface area (Å²) in [6.45, 7) is 13.9. The summed E-state index contributed by atoms with van der Waals surface area (Å²) in [4.78, 5) is 5.32. The molecule has 3 rings (SSSR count). The van der Waals surface area contributed by atoms with Crippen molar-refractivity contribution >= 4 is 0 Å². The molecule has 1 saturated heterocycles. The number of ether oxygens (including phenoxy) is 1.